The fourth-order valence-corrected chi connectivity index (χ4v) is 1.77. The van der Waals surface area contributed by atoms with Crippen LogP contribution in [0, 0.1) is 0 Å². The Morgan fingerprint density at radius 3 is 2.94 bits per heavy atom. The first-order valence-corrected chi connectivity index (χ1v) is 5.62. The van der Waals surface area contributed by atoms with Gasteiger partial charge >= 0.3 is 0 Å². The number of hydrogen-bond acceptors (Lipinski definition) is 3. The van der Waals surface area contributed by atoms with E-state index in [0.29, 0.717) is 13.0 Å². The van der Waals surface area contributed by atoms with Crippen LogP contribution >= 0.6 is 0 Å². The van der Waals surface area contributed by atoms with E-state index in [1.165, 1.54) is 0 Å². The molecule has 1 aromatic heterocycles. The molecule has 3 N–H and O–H groups in total. The van der Waals surface area contributed by atoms with Gasteiger partial charge in [0.2, 0.25) is 11.9 Å². The summed E-state index contributed by atoms with van der Waals surface area (Å²) in [5.41, 5.74) is 7.13. The number of rotatable bonds is 5. The second-order valence-electron chi connectivity index (χ2n) is 3.98. The van der Waals surface area contributed by atoms with Crippen molar-refractivity contribution in [1.29, 1.82) is 0 Å². The molecule has 2 rings (SSSR count). The van der Waals surface area contributed by atoms with Gasteiger partial charge in [-0.2, -0.15) is 0 Å². The number of carbonyl (C=O) groups excluding carboxylic acids is 1. The minimum Gasteiger partial charge on any atom is -0.370 e. The van der Waals surface area contributed by atoms with Gasteiger partial charge < -0.3 is 15.6 Å². The molecular formula is C12H16N4O. The lowest BCUT2D eigenvalue weighted by molar-refractivity contribution is -0.118. The van der Waals surface area contributed by atoms with E-state index in [9.17, 15) is 4.79 Å². The van der Waals surface area contributed by atoms with Crippen LogP contribution in [0.3, 0.4) is 0 Å². The Kier molecular flexibility index (Phi) is 3.27. The van der Waals surface area contributed by atoms with Crippen molar-refractivity contribution < 1.29 is 4.79 Å². The molecule has 0 atom stereocenters. The van der Waals surface area contributed by atoms with E-state index in [1.54, 1.807) is 0 Å². The van der Waals surface area contributed by atoms with E-state index in [2.05, 4.69) is 10.3 Å². The average Bonchev–Trinajstić information content (AvgIpc) is 2.63. The third-order valence-corrected chi connectivity index (χ3v) is 2.67. The van der Waals surface area contributed by atoms with Gasteiger partial charge in [0, 0.05) is 20.0 Å². The summed E-state index contributed by atoms with van der Waals surface area (Å²) in [5, 5.41) is 3.20. The Balaban J connectivity index is 2.04. The summed E-state index contributed by atoms with van der Waals surface area (Å²) in [6, 6.07) is 7.95. The Labute approximate surface area is 99.6 Å². The molecule has 0 aliphatic heterocycles. The first kappa shape index (κ1) is 11.4. The smallest absolute Gasteiger partial charge is 0.217 e. The standard InChI is InChI=1S/C12H16N4O/c1-16-10-6-3-2-5-9(10)15-12(16)14-8-4-7-11(13)17/h2-3,5-6H,4,7-8H2,1H3,(H2,13,17)(H,14,15). The predicted octanol–water partition coefficient (Wildman–Crippen LogP) is 1.25. The van der Waals surface area contributed by atoms with Gasteiger partial charge in [-0.3, -0.25) is 4.79 Å². The summed E-state index contributed by atoms with van der Waals surface area (Å²) >= 11 is 0. The largest absolute Gasteiger partial charge is 0.370 e. The number of hydrogen-bond donors (Lipinski definition) is 2. The maximum atomic E-state index is 10.6. The van der Waals surface area contributed by atoms with Gasteiger partial charge in [0.1, 0.15) is 0 Å². The van der Waals surface area contributed by atoms with E-state index in [1.807, 2.05) is 35.9 Å². The van der Waals surface area contributed by atoms with Crippen LogP contribution < -0.4 is 11.1 Å². The molecule has 0 unspecified atom stereocenters. The lowest BCUT2D eigenvalue weighted by atomic mass is 10.3. The van der Waals surface area contributed by atoms with Gasteiger partial charge in [-0.1, -0.05) is 12.1 Å². The van der Waals surface area contributed by atoms with Crippen LogP contribution in [0.1, 0.15) is 12.8 Å². The van der Waals surface area contributed by atoms with Gasteiger partial charge in [-0.25, -0.2) is 4.98 Å². The number of nitrogens with zero attached hydrogens (tertiary/aromatic N) is 2. The van der Waals surface area contributed by atoms with Crippen LogP contribution in [0.25, 0.3) is 11.0 Å². The van der Waals surface area contributed by atoms with Gasteiger partial charge in [-0.15, -0.1) is 0 Å². The van der Waals surface area contributed by atoms with Gasteiger partial charge in [0.05, 0.1) is 11.0 Å². The molecule has 0 fully saturated rings. The number of primary amides is 1. The first-order valence-electron chi connectivity index (χ1n) is 5.62. The molecule has 17 heavy (non-hydrogen) atoms. The molecule has 0 spiro atoms. The summed E-state index contributed by atoms with van der Waals surface area (Å²) in [4.78, 5) is 15.1. The number of anilines is 1. The summed E-state index contributed by atoms with van der Waals surface area (Å²) in [5.74, 6) is 0.549. The van der Waals surface area contributed by atoms with Crippen LogP contribution in [-0.4, -0.2) is 22.0 Å². The van der Waals surface area contributed by atoms with Crippen molar-refractivity contribution in [2.45, 2.75) is 12.8 Å². The molecule has 1 amide bonds. The topological polar surface area (TPSA) is 72.9 Å². The lowest BCUT2D eigenvalue weighted by Gasteiger charge is -2.04. The molecule has 1 aromatic carbocycles. The molecule has 0 aliphatic rings. The SMILES string of the molecule is Cn1c(NCCCC(N)=O)nc2ccccc21. The molecule has 90 valence electrons. The number of benzene rings is 1. The Morgan fingerprint density at radius 2 is 2.24 bits per heavy atom. The van der Waals surface area contributed by atoms with E-state index in [-0.39, 0.29) is 5.91 Å². The molecule has 5 heteroatoms. The number of imidazole rings is 1. The zero-order chi connectivity index (χ0) is 12.3. The fourth-order valence-electron chi connectivity index (χ4n) is 1.77. The van der Waals surface area contributed by atoms with Crippen molar-refractivity contribution in [1.82, 2.24) is 9.55 Å². The number of aryl methyl sites for hydroxylation is 1. The third-order valence-electron chi connectivity index (χ3n) is 2.67. The summed E-state index contributed by atoms with van der Waals surface area (Å²) in [6.45, 7) is 0.695. The molecule has 0 saturated carbocycles. The fraction of sp³-hybridized carbons (Fsp3) is 0.333. The van der Waals surface area contributed by atoms with Crippen LogP contribution in [0.4, 0.5) is 5.95 Å². The number of carbonyl (C=O) groups is 1. The quantitative estimate of drug-likeness (QED) is 0.762. The van der Waals surface area contributed by atoms with Gasteiger partial charge in [0.15, 0.2) is 0 Å². The van der Waals surface area contributed by atoms with E-state index >= 15 is 0 Å². The van der Waals surface area contributed by atoms with Gasteiger partial charge in [0.25, 0.3) is 0 Å². The van der Waals surface area contributed by atoms with Crippen molar-refractivity contribution >= 4 is 22.9 Å². The Morgan fingerprint density at radius 1 is 1.47 bits per heavy atom. The number of nitrogens with two attached hydrogens (primary N) is 1. The highest BCUT2D eigenvalue weighted by Gasteiger charge is 2.05. The number of nitrogens with one attached hydrogen (secondary N) is 1. The highest BCUT2D eigenvalue weighted by Crippen LogP contribution is 2.17. The Hall–Kier alpha value is -2.04. The van der Waals surface area contributed by atoms with Crippen molar-refractivity contribution in [3.05, 3.63) is 24.3 Å². The minimum absolute atomic E-state index is 0.267. The van der Waals surface area contributed by atoms with E-state index in [4.69, 9.17) is 5.73 Å². The molecule has 1 heterocycles. The number of para-hydroxylation sites is 2. The summed E-state index contributed by atoms with van der Waals surface area (Å²) in [7, 11) is 1.96. The molecule has 0 aliphatic carbocycles. The van der Waals surface area contributed by atoms with Crippen LogP contribution in [0.2, 0.25) is 0 Å². The predicted molar refractivity (Wildman–Crippen MR) is 67.6 cm³/mol. The zero-order valence-electron chi connectivity index (χ0n) is 9.81. The Bertz CT molecular complexity index is 532. The maximum absolute atomic E-state index is 10.6. The molecular weight excluding hydrogens is 216 g/mol. The average molecular weight is 232 g/mol. The van der Waals surface area contributed by atoms with Crippen LogP contribution in [0.5, 0.6) is 0 Å². The van der Waals surface area contributed by atoms with Gasteiger partial charge in [-0.05, 0) is 18.6 Å². The van der Waals surface area contributed by atoms with Crippen molar-refractivity contribution in [3.8, 4) is 0 Å². The molecule has 0 bridgehead atoms. The first-order chi connectivity index (χ1) is 8.18. The second kappa shape index (κ2) is 4.86. The maximum Gasteiger partial charge on any atom is 0.217 e. The van der Waals surface area contributed by atoms with Crippen LogP contribution in [-0.2, 0) is 11.8 Å². The molecule has 5 nitrogen and oxygen atoms in total. The highest BCUT2D eigenvalue weighted by atomic mass is 16.1. The van der Waals surface area contributed by atoms with Crippen molar-refractivity contribution in [2.24, 2.45) is 12.8 Å². The second-order valence-corrected chi connectivity index (χ2v) is 3.98. The van der Waals surface area contributed by atoms with Crippen LogP contribution in [0.15, 0.2) is 24.3 Å². The van der Waals surface area contributed by atoms with E-state index in [0.717, 1.165) is 23.4 Å². The third kappa shape index (κ3) is 2.55. The normalized spacial score (nSPS) is 10.6. The minimum atomic E-state index is -0.267. The highest BCUT2D eigenvalue weighted by molar-refractivity contribution is 5.78. The monoisotopic (exact) mass is 232 g/mol. The summed E-state index contributed by atoms with van der Waals surface area (Å²) < 4.78 is 2.00. The molecule has 2 aromatic rings. The van der Waals surface area contributed by atoms with Crippen molar-refractivity contribution in [2.75, 3.05) is 11.9 Å². The summed E-state index contributed by atoms with van der Waals surface area (Å²) in [6.07, 6.45) is 1.12. The number of fused-ring (bicyclic) bond motifs is 1. The lowest BCUT2D eigenvalue weighted by Crippen LogP contribution is -2.13. The van der Waals surface area contributed by atoms with Crippen molar-refractivity contribution in [3.63, 3.8) is 0 Å². The molecule has 0 saturated heterocycles. The zero-order valence-corrected chi connectivity index (χ0v) is 9.81. The molecule has 0 radical (unpaired) electrons. The number of aromatic nitrogens is 2. The van der Waals surface area contributed by atoms with E-state index < -0.39 is 0 Å². The number of amides is 1.